The molecule has 13 heteroatoms. The van der Waals surface area contributed by atoms with Crippen LogP contribution in [0.15, 0.2) is 65.6 Å². The first-order valence-corrected chi connectivity index (χ1v) is 19.5. The van der Waals surface area contributed by atoms with Gasteiger partial charge < -0.3 is 10.1 Å². The van der Waals surface area contributed by atoms with Crippen LogP contribution >= 0.6 is 11.3 Å². The van der Waals surface area contributed by atoms with Crippen molar-refractivity contribution in [2.45, 2.75) is 69.6 Å². The number of anilines is 1. The molecule has 4 aliphatic rings. The van der Waals surface area contributed by atoms with Gasteiger partial charge in [0.05, 0.1) is 31.6 Å². The van der Waals surface area contributed by atoms with E-state index in [1.165, 1.54) is 43.5 Å². The molecule has 8 rings (SSSR count). The van der Waals surface area contributed by atoms with Crippen molar-refractivity contribution in [2.24, 2.45) is 23.2 Å². The topological polar surface area (TPSA) is 158 Å². The van der Waals surface area contributed by atoms with Crippen LogP contribution in [0.5, 0.6) is 0 Å². The summed E-state index contributed by atoms with van der Waals surface area (Å²) in [6, 6.07) is 16.2. The number of carbonyl (C=O) groups excluding carboxylic acids is 2. The molecule has 4 bridgehead atoms. The molecule has 4 saturated carbocycles. The Kier molecular flexibility index (Phi) is 9.38. The number of sulfonamides is 1. The van der Waals surface area contributed by atoms with E-state index >= 15 is 0 Å². The Labute approximate surface area is 295 Å². The molecule has 4 fully saturated rings. The Bertz CT molecular complexity index is 2020. The van der Waals surface area contributed by atoms with Crippen LogP contribution in [-0.4, -0.2) is 43.4 Å². The van der Waals surface area contributed by atoms with Gasteiger partial charge in [0.15, 0.2) is 0 Å². The molecule has 0 saturated heterocycles. The summed E-state index contributed by atoms with van der Waals surface area (Å²) in [5.41, 5.74) is 2.73. The van der Waals surface area contributed by atoms with E-state index < -0.39 is 20.9 Å². The SMILES string of the molecule is CCOC(=O)CCCc1nc2cc(-c3ccc(C(=O)NS(=O)(=O)c4ccc(NCC56CC7CC(CC(C7)C5)C6)c([N+](=O)[O-])c4)cc3)ccc2s1. The lowest BCUT2D eigenvalue weighted by Gasteiger charge is -2.57. The van der Waals surface area contributed by atoms with Crippen LogP contribution in [0.2, 0.25) is 0 Å². The number of amides is 1. The molecule has 2 N–H and O–H groups in total. The molecular formula is C37H40N4O7S2. The van der Waals surface area contributed by atoms with Crippen molar-refractivity contribution in [1.82, 2.24) is 9.71 Å². The highest BCUT2D eigenvalue weighted by Gasteiger charge is 2.50. The fourth-order valence-corrected chi connectivity index (χ4v) is 10.7. The number of aromatic nitrogens is 1. The highest BCUT2D eigenvalue weighted by atomic mass is 32.2. The zero-order valence-corrected chi connectivity index (χ0v) is 29.5. The number of nitro benzene ring substituents is 1. The number of fused-ring (bicyclic) bond motifs is 1. The van der Waals surface area contributed by atoms with Gasteiger partial charge in [0.25, 0.3) is 21.6 Å². The second kappa shape index (κ2) is 13.7. The van der Waals surface area contributed by atoms with Crippen LogP contribution in [0.25, 0.3) is 21.3 Å². The van der Waals surface area contributed by atoms with Crippen LogP contribution in [0, 0.1) is 33.3 Å². The molecule has 0 unspecified atom stereocenters. The van der Waals surface area contributed by atoms with Gasteiger partial charge in [-0.05, 0) is 129 Å². The molecule has 262 valence electrons. The van der Waals surface area contributed by atoms with Gasteiger partial charge in [-0.15, -0.1) is 11.3 Å². The predicted molar refractivity (Wildman–Crippen MR) is 191 cm³/mol. The maximum Gasteiger partial charge on any atom is 0.305 e. The second-order valence-corrected chi connectivity index (χ2v) is 17.0. The second-order valence-electron chi connectivity index (χ2n) is 14.2. The van der Waals surface area contributed by atoms with E-state index in [9.17, 15) is 28.1 Å². The third-order valence-corrected chi connectivity index (χ3v) is 12.9. The summed E-state index contributed by atoms with van der Waals surface area (Å²) in [4.78, 5) is 40.5. The number of aryl methyl sites for hydroxylation is 1. The normalized spacial score (nSPS) is 22.4. The van der Waals surface area contributed by atoms with Gasteiger partial charge in [-0.25, -0.2) is 18.1 Å². The van der Waals surface area contributed by atoms with Gasteiger partial charge in [0.1, 0.15) is 5.69 Å². The lowest BCUT2D eigenvalue weighted by molar-refractivity contribution is -0.384. The fourth-order valence-electron chi connectivity index (χ4n) is 8.70. The van der Waals surface area contributed by atoms with Crippen molar-refractivity contribution in [3.05, 3.63) is 81.3 Å². The van der Waals surface area contributed by atoms with E-state index in [4.69, 9.17) is 9.72 Å². The Morgan fingerprint density at radius 1 is 0.980 bits per heavy atom. The summed E-state index contributed by atoms with van der Waals surface area (Å²) in [5, 5.41) is 16.3. The number of nitrogens with one attached hydrogen (secondary N) is 2. The Morgan fingerprint density at radius 2 is 1.66 bits per heavy atom. The first-order valence-electron chi connectivity index (χ1n) is 17.2. The highest BCUT2D eigenvalue weighted by molar-refractivity contribution is 7.90. The summed E-state index contributed by atoms with van der Waals surface area (Å²) in [6.07, 6.45) is 9.01. The van der Waals surface area contributed by atoms with Crippen molar-refractivity contribution in [3.8, 4) is 11.1 Å². The van der Waals surface area contributed by atoms with Crippen molar-refractivity contribution < 1.29 is 27.7 Å². The van der Waals surface area contributed by atoms with Gasteiger partial charge in [-0.3, -0.25) is 19.7 Å². The maximum absolute atomic E-state index is 13.2. The summed E-state index contributed by atoms with van der Waals surface area (Å²) in [7, 11) is -4.40. The van der Waals surface area contributed by atoms with Crippen LogP contribution in [-0.2, 0) is 26.0 Å². The summed E-state index contributed by atoms with van der Waals surface area (Å²) >= 11 is 1.58. The van der Waals surface area contributed by atoms with Gasteiger partial charge in [0.2, 0.25) is 0 Å². The van der Waals surface area contributed by atoms with Crippen LogP contribution < -0.4 is 10.0 Å². The molecule has 0 atom stereocenters. The van der Waals surface area contributed by atoms with E-state index in [1.807, 2.05) is 18.2 Å². The molecule has 1 aromatic heterocycles. The van der Waals surface area contributed by atoms with Crippen molar-refractivity contribution in [3.63, 3.8) is 0 Å². The highest BCUT2D eigenvalue weighted by Crippen LogP contribution is 2.60. The molecule has 1 heterocycles. The molecule has 0 radical (unpaired) electrons. The number of hydrogen-bond donors (Lipinski definition) is 2. The molecular weight excluding hydrogens is 677 g/mol. The minimum atomic E-state index is -4.40. The minimum Gasteiger partial charge on any atom is -0.466 e. The zero-order chi connectivity index (χ0) is 35.0. The lowest BCUT2D eigenvalue weighted by Crippen LogP contribution is -2.49. The number of benzene rings is 3. The molecule has 0 aliphatic heterocycles. The number of ether oxygens (including phenoxy) is 1. The molecule has 11 nitrogen and oxygen atoms in total. The molecule has 4 aliphatic carbocycles. The van der Waals surface area contributed by atoms with Crippen LogP contribution in [0.4, 0.5) is 11.4 Å². The molecule has 0 spiro atoms. The lowest BCUT2D eigenvalue weighted by atomic mass is 9.49. The van der Waals surface area contributed by atoms with Gasteiger partial charge >= 0.3 is 5.97 Å². The van der Waals surface area contributed by atoms with Gasteiger partial charge in [-0.2, -0.15) is 0 Å². The minimum absolute atomic E-state index is 0.124. The average molecular weight is 717 g/mol. The van der Waals surface area contributed by atoms with Crippen molar-refractivity contribution in [2.75, 3.05) is 18.5 Å². The first-order chi connectivity index (χ1) is 24.0. The summed E-state index contributed by atoms with van der Waals surface area (Å²) < 4.78 is 34.5. The molecule has 3 aromatic carbocycles. The standard InChI is InChI=1S/C37H40N4O7S2/c1-2-48-35(42)5-3-4-34-39-31-17-28(10-13-33(31)49-34)26-6-8-27(9-7-26)36(43)40-50(46,47)29-11-12-30(32(18-29)41(44)45)38-22-37-19-23-14-24(20-37)16-25(15-23)21-37/h6-13,17-18,23-25,38H,2-5,14-16,19-22H2,1H3,(H,40,43). The van der Waals surface area contributed by atoms with Crippen molar-refractivity contribution in [1.29, 1.82) is 0 Å². The fraction of sp³-hybridized carbons (Fsp3) is 0.432. The predicted octanol–water partition coefficient (Wildman–Crippen LogP) is 7.50. The number of esters is 1. The maximum atomic E-state index is 13.2. The smallest absolute Gasteiger partial charge is 0.305 e. The zero-order valence-electron chi connectivity index (χ0n) is 27.9. The average Bonchev–Trinajstić information content (AvgIpc) is 3.49. The number of thiazole rings is 1. The Balaban J connectivity index is 0.994. The summed E-state index contributed by atoms with van der Waals surface area (Å²) in [5.74, 6) is 1.18. The molecule has 50 heavy (non-hydrogen) atoms. The number of hydrogen-bond acceptors (Lipinski definition) is 10. The van der Waals surface area contributed by atoms with Gasteiger partial charge in [0, 0.05) is 24.6 Å². The van der Waals surface area contributed by atoms with E-state index in [0.717, 1.165) is 69.4 Å². The largest absolute Gasteiger partial charge is 0.466 e. The number of nitrogens with zero attached hydrogens (tertiary/aromatic N) is 2. The third kappa shape index (κ3) is 7.25. The monoisotopic (exact) mass is 716 g/mol. The summed E-state index contributed by atoms with van der Waals surface area (Å²) in [6.45, 7) is 2.79. The van der Waals surface area contributed by atoms with Crippen LogP contribution in [0.3, 0.4) is 0 Å². The quantitative estimate of drug-likeness (QED) is 0.0812. The Morgan fingerprint density at radius 3 is 2.32 bits per heavy atom. The third-order valence-electron chi connectivity index (χ3n) is 10.5. The Hall–Kier alpha value is -4.36. The van der Waals surface area contributed by atoms with Crippen LogP contribution in [0.1, 0.15) is 73.7 Å². The number of rotatable bonds is 13. The van der Waals surface area contributed by atoms with E-state index in [-0.39, 0.29) is 33.2 Å². The van der Waals surface area contributed by atoms with Gasteiger partial charge in [-0.1, -0.05) is 18.2 Å². The number of carbonyl (C=O) groups is 2. The first kappa shape index (κ1) is 34.1. The van der Waals surface area contributed by atoms with E-state index in [1.54, 1.807) is 30.4 Å². The molecule has 1 amide bonds. The van der Waals surface area contributed by atoms with E-state index in [0.29, 0.717) is 32.4 Å². The molecule has 4 aromatic rings. The van der Waals surface area contributed by atoms with E-state index in [2.05, 4.69) is 10.0 Å². The van der Waals surface area contributed by atoms with Crippen molar-refractivity contribution >= 4 is 54.8 Å². The number of nitro groups is 1.